The maximum Gasteiger partial charge on any atom is 0.406 e. The van der Waals surface area contributed by atoms with Gasteiger partial charge in [0.2, 0.25) is 5.75 Å². The zero-order chi connectivity index (χ0) is 15.1. The average Bonchev–Trinajstić information content (AvgIpc) is 2.46. The van der Waals surface area contributed by atoms with Crippen LogP contribution in [-0.4, -0.2) is 36.8 Å². The molecule has 7 nitrogen and oxygen atoms in total. The molecule has 8 heteroatoms. The minimum Gasteiger partial charge on any atom is -0.489 e. The predicted molar refractivity (Wildman–Crippen MR) is 77.4 cm³/mol. The van der Waals surface area contributed by atoms with Crippen LogP contribution >= 0.6 is 0 Å². The third-order valence-corrected chi connectivity index (χ3v) is 3.01. The molecule has 1 aromatic heterocycles. The van der Waals surface area contributed by atoms with E-state index in [1.54, 1.807) is 6.07 Å². The molecule has 0 saturated heterocycles. The fraction of sp³-hybridized carbons (Fsp3) is 0.500. The van der Waals surface area contributed by atoms with Crippen LogP contribution in [0.1, 0.15) is 6.92 Å². The minimum absolute atomic E-state index is 0.0306. The van der Waals surface area contributed by atoms with Crippen molar-refractivity contribution in [3.8, 4) is 11.7 Å². The third-order valence-electron chi connectivity index (χ3n) is 3.01. The van der Waals surface area contributed by atoms with Gasteiger partial charge < -0.3 is 19.8 Å². The molecule has 0 bridgehead atoms. The highest BCUT2D eigenvalue weighted by Crippen LogP contribution is 2.28. The van der Waals surface area contributed by atoms with Crippen LogP contribution in [0.2, 0.25) is 13.1 Å². The van der Waals surface area contributed by atoms with Crippen molar-refractivity contribution in [2.75, 3.05) is 25.1 Å². The van der Waals surface area contributed by atoms with E-state index in [1.165, 1.54) is 13.3 Å². The molecular formula is C12H17BN4O3. The SMILES string of the molecule is CCN(CCB(C)C#N)c1cnc([N+](=O)[O-])c(OC)c1. The van der Waals surface area contributed by atoms with Gasteiger partial charge in [0.05, 0.1) is 12.8 Å². The molecule has 1 heterocycles. The number of nitriles is 1. The van der Waals surface area contributed by atoms with E-state index < -0.39 is 4.92 Å². The van der Waals surface area contributed by atoms with Crippen molar-refractivity contribution in [1.82, 2.24) is 4.98 Å². The lowest BCUT2D eigenvalue weighted by Gasteiger charge is -2.22. The van der Waals surface area contributed by atoms with Crippen molar-refractivity contribution in [3.63, 3.8) is 0 Å². The molecule has 0 saturated carbocycles. The molecule has 0 radical (unpaired) electrons. The molecule has 0 spiro atoms. The van der Waals surface area contributed by atoms with Gasteiger partial charge in [-0.15, -0.1) is 0 Å². The lowest BCUT2D eigenvalue weighted by Crippen LogP contribution is -2.26. The first-order valence-corrected chi connectivity index (χ1v) is 6.36. The van der Waals surface area contributed by atoms with E-state index in [2.05, 4.69) is 11.0 Å². The molecule has 20 heavy (non-hydrogen) atoms. The fourth-order valence-electron chi connectivity index (χ4n) is 1.77. The van der Waals surface area contributed by atoms with Crippen molar-refractivity contribution >= 4 is 18.2 Å². The van der Waals surface area contributed by atoms with E-state index in [0.717, 1.165) is 18.6 Å². The van der Waals surface area contributed by atoms with Crippen molar-refractivity contribution in [2.45, 2.75) is 20.1 Å². The summed E-state index contributed by atoms with van der Waals surface area (Å²) in [7, 11) is 1.38. The summed E-state index contributed by atoms with van der Waals surface area (Å²) in [6, 6.07) is 1.60. The molecule has 1 rings (SSSR count). The topological polar surface area (TPSA) is 92.3 Å². The summed E-state index contributed by atoms with van der Waals surface area (Å²) in [6.45, 7) is 5.22. The van der Waals surface area contributed by atoms with Gasteiger partial charge in [-0.05, 0) is 23.2 Å². The van der Waals surface area contributed by atoms with E-state index in [9.17, 15) is 10.1 Å². The number of nitro groups is 1. The molecule has 0 aliphatic carbocycles. The zero-order valence-electron chi connectivity index (χ0n) is 11.9. The van der Waals surface area contributed by atoms with Gasteiger partial charge in [0.15, 0.2) is 6.20 Å². The summed E-state index contributed by atoms with van der Waals surface area (Å²) < 4.78 is 5.01. The smallest absolute Gasteiger partial charge is 0.406 e. The number of hydrogen-bond donors (Lipinski definition) is 0. The van der Waals surface area contributed by atoms with Gasteiger partial charge in [-0.2, -0.15) is 0 Å². The minimum atomic E-state index is -0.573. The molecule has 0 amide bonds. The summed E-state index contributed by atoms with van der Waals surface area (Å²) in [6.07, 6.45) is 2.19. The zero-order valence-corrected chi connectivity index (χ0v) is 11.9. The molecule has 106 valence electrons. The molecule has 0 unspecified atom stereocenters. The van der Waals surface area contributed by atoms with Gasteiger partial charge in [0.25, 0.3) is 6.71 Å². The highest BCUT2D eigenvalue weighted by molar-refractivity contribution is 6.65. The molecule has 0 aromatic carbocycles. The summed E-state index contributed by atoms with van der Waals surface area (Å²) >= 11 is 0. The number of pyridine rings is 1. The Labute approximate surface area is 118 Å². The Kier molecular flexibility index (Phi) is 5.78. The summed E-state index contributed by atoms with van der Waals surface area (Å²) in [5.41, 5.74) is 0.750. The Morgan fingerprint density at radius 1 is 1.65 bits per heavy atom. The Morgan fingerprint density at radius 2 is 2.35 bits per heavy atom. The highest BCUT2D eigenvalue weighted by Gasteiger charge is 2.19. The maximum absolute atomic E-state index is 10.8. The number of ether oxygens (including phenoxy) is 1. The monoisotopic (exact) mass is 276 g/mol. The van der Waals surface area contributed by atoms with Gasteiger partial charge in [-0.25, -0.2) is 5.26 Å². The van der Waals surface area contributed by atoms with E-state index in [-0.39, 0.29) is 18.3 Å². The van der Waals surface area contributed by atoms with Gasteiger partial charge in [-0.3, -0.25) is 0 Å². The molecule has 0 aliphatic heterocycles. The van der Waals surface area contributed by atoms with Crippen LogP contribution < -0.4 is 9.64 Å². The second-order valence-corrected chi connectivity index (χ2v) is 4.37. The number of rotatable bonds is 7. The van der Waals surface area contributed by atoms with Gasteiger partial charge >= 0.3 is 5.82 Å². The molecule has 0 atom stereocenters. The van der Waals surface area contributed by atoms with E-state index in [0.29, 0.717) is 6.54 Å². The number of hydrogen-bond acceptors (Lipinski definition) is 6. The number of aromatic nitrogens is 1. The molecule has 0 fully saturated rings. The quantitative estimate of drug-likeness (QED) is 0.429. The van der Waals surface area contributed by atoms with Gasteiger partial charge in [-0.1, -0.05) is 6.82 Å². The van der Waals surface area contributed by atoms with E-state index in [4.69, 9.17) is 10.00 Å². The van der Waals surface area contributed by atoms with E-state index in [1.807, 2.05) is 18.6 Å². The average molecular weight is 276 g/mol. The number of anilines is 1. The summed E-state index contributed by atoms with van der Waals surface area (Å²) in [5.74, 6) is 2.03. The van der Waals surface area contributed by atoms with Crippen LogP contribution in [0.5, 0.6) is 5.75 Å². The van der Waals surface area contributed by atoms with Gasteiger partial charge in [0, 0.05) is 25.1 Å². The first kappa shape index (κ1) is 15.8. The second-order valence-electron chi connectivity index (χ2n) is 4.37. The predicted octanol–water partition coefficient (Wildman–Crippen LogP) is 2.01. The number of nitrogens with zero attached hydrogens (tertiary/aromatic N) is 4. The van der Waals surface area contributed by atoms with Crippen LogP contribution in [0, 0.1) is 21.3 Å². The largest absolute Gasteiger partial charge is 0.489 e. The van der Waals surface area contributed by atoms with Crippen LogP contribution in [0.4, 0.5) is 11.5 Å². The van der Waals surface area contributed by atoms with Gasteiger partial charge in [0.1, 0.15) is 0 Å². The molecular weight excluding hydrogens is 259 g/mol. The highest BCUT2D eigenvalue weighted by atomic mass is 16.6. The van der Waals surface area contributed by atoms with Crippen LogP contribution in [0.3, 0.4) is 0 Å². The molecule has 1 aromatic rings. The van der Waals surface area contributed by atoms with Crippen LogP contribution in [0.25, 0.3) is 0 Å². The van der Waals surface area contributed by atoms with Crippen molar-refractivity contribution in [1.29, 1.82) is 5.26 Å². The second kappa shape index (κ2) is 7.33. The van der Waals surface area contributed by atoms with Crippen LogP contribution in [-0.2, 0) is 0 Å². The first-order valence-electron chi connectivity index (χ1n) is 6.36. The Balaban J connectivity index is 2.93. The van der Waals surface area contributed by atoms with Crippen molar-refractivity contribution in [3.05, 3.63) is 22.4 Å². The van der Waals surface area contributed by atoms with Crippen molar-refractivity contribution < 1.29 is 9.66 Å². The third kappa shape index (κ3) is 3.85. The Bertz CT molecular complexity index is 518. The summed E-state index contributed by atoms with van der Waals surface area (Å²) in [4.78, 5) is 16.1. The Hall–Kier alpha value is -2.30. The molecule has 0 aliphatic rings. The standard InChI is InChI=1S/C12H17BN4O3/c1-4-16(6-5-13(2)9-14)10-7-11(20-3)12(15-8-10)17(18)19/h7-8H,4-6H2,1-3H3. The summed E-state index contributed by atoms with van der Waals surface area (Å²) in [5, 5.41) is 19.6. The van der Waals surface area contributed by atoms with Crippen LogP contribution in [0.15, 0.2) is 12.3 Å². The Morgan fingerprint density at radius 3 is 2.85 bits per heavy atom. The van der Waals surface area contributed by atoms with Crippen molar-refractivity contribution in [2.24, 2.45) is 0 Å². The number of methoxy groups -OCH3 is 1. The normalized spacial score (nSPS) is 9.70. The lowest BCUT2D eigenvalue weighted by molar-refractivity contribution is -0.390. The molecule has 0 N–H and O–H groups in total. The van der Waals surface area contributed by atoms with E-state index >= 15 is 0 Å². The lowest BCUT2D eigenvalue weighted by atomic mass is 9.51. The maximum atomic E-state index is 10.8. The fourth-order valence-corrected chi connectivity index (χ4v) is 1.77. The first-order chi connectivity index (χ1) is 9.53.